The van der Waals surface area contributed by atoms with Crippen molar-refractivity contribution in [2.24, 2.45) is 0 Å². The van der Waals surface area contributed by atoms with Gasteiger partial charge in [-0.3, -0.25) is 14.9 Å². The van der Waals surface area contributed by atoms with Crippen molar-refractivity contribution in [2.45, 2.75) is 13.0 Å². The number of nitro groups is 1. The molecule has 1 atom stereocenters. The van der Waals surface area contributed by atoms with Crippen molar-refractivity contribution in [3.05, 3.63) is 39.4 Å². The highest BCUT2D eigenvalue weighted by Crippen LogP contribution is 2.24. The second kappa shape index (κ2) is 5.49. The second-order valence-electron chi connectivity index (χ2n) is 4.62. The summed E-state index contributed by atoms with van der Waals surface area (Å²) < 4.78 is 27.6. The summed E-state index contributed by atoms with van der Waals surface area (Å²) in [7, 11) is 0. The van der Waals surface area contributed by atoms with E-state index < -0.39 is 33.7 Å². The van der Waals surface area contributed by atoms with Gasteiger partial charge in [0, 0.05) is 31.7 Å². The number of benzene rings is 1. The summed E-state index contributed by atoms with van der Waals surface area (Å²) in [6, 6.07) is 1.44. The van der Waals surface area contributed by atoms with E-state index in [0.29, 0.717) is 25.7 Å². The third kappa shape index (κ3) is 2.60. The Hall–Kier alpha value is -2.09. The largest absolute Gasteiger partial charge is 0.336 e. The number of halogens is 2. The van der Waals surface area contributed by atoms with Gasteiger partial charge in [0.2, 0.25) is 5.82 Å². The molecular formula is C12H13F2N3O3. The first-order chi connectivity index (χ1) is 9.41. The van der Waals surface area contributed by atoms with Gasteiger partial charge in [-0.2, -0.15) is 4.39 Å². The van der Waals surface area contributed by atoms with E-state index in [1.165, 1.54) is 4.90 Å². The van der Waals surface area contributed by atoms with Crippen LogP contribution in [0.3, 0.4) is 0 Å². The van der Waals surface area contributed by atoms with Gasteiger partial charge in [-0.25, -0.2) is 4.39 Å². The number of nitrogens with zero attached hydrogens (tertiary/aromatic N) is 2. The average Bonchev–Trinajstić information content (AvgIpc) is 2.38. The molecule has 1 aromatic carbocycles. The standard InChI is InChI=1S/C12H13F2N3O3/c1-7-6-16(5-4-15-7)12(18)10-8(13)2-3-9(11(10)14)17(19)20/h2-3,7,15H,4-6H2,1H3/t7-/m0/s1. The van der Waals surface area contributed by atoms with Gasteiger partial charge in [-0.05, 0) is 13.0 Å². The summed E-state index contributed by atoms with van der Waals surface area (Å²) in [4.78, 5) is 23.1. The van der Waals surface area contributed by atoms with Crippen molar-refractivity contribution in [3.63, 3.8) is 0 Å². The minimum atomic E-state index is -1.42. The van der Waals surface area contributed by atoms with Crippen LogP contribution in [0.25, 0.3) is 0 Å². The molecule has 108 valence electrons. The second-order valence-corrected chi connectivity index (χ2v) is 4.62. The smallest absolute Gasteiger partial charge is 0.305 e. The maximum absolute atomic E-state index is 13.9. The molecule has 0 aliphatic carbocycles. The third-order valence-electron chi connectivity index (χ3n) is 3.14. The molecule has 1 saturated heterocycles. The molecule has 0 aromatic heterocycles. The molecule has 0 bridgehead atoms. The van der Waals surface area contributed by atoms with Crippen LogP contribution in [0.2, 0.25) is 0 Å². The van der Waals surface area contributed by atoms with Crippen LogP contribution in [0.5, 0.6) is 0 Å². The maximum Gasteiger partial charge on any atom is 0.305 e. The van der Waals surface area contributed by atoms with Crippen molar-refractivity contribution < 1.29 is 18.5 Å². The van der Waals surface area contributed by atoms with Crippen LogP contribution >= 0.6 is 0 Å². The molecule has 1 amide bonds. The summed E-state index contributed by atoms with van der Waals surface area (Å²) in [5.41, 5.74) is -1.77. The minimum absolute atomic E-state index is 0.00230. The fourth-order valence-corrected chi connectivity index (χ4v) is 2.15. The van der Waals surface area contributed by atoms with Crippen LogP contribution in [0.4, 0.5) is 14.5 Å². The minimum Gasteiger partial charge on any atom is -0.336 e. The number of carbonyl (C=O) groups excluding carboxylic acids is 1. The van der Waals surface area contributed by atoms with Crippen LogP contribution in [0.15, 0.2) is 12.1 Å². The quantitative estimate of drug-likeness (QED) is 0.656. The van der Waals surface area contributed by atoms with Gasteiger partial charge < -0.3 is 10.2 Å². The van der Waals surface area contributed by atoms with Crippen LogP contribution < -0.4 is 5.32 Å². The molecule has 1 aliphatic heterocycles. The van der Waals surface area contributed by atoms with Crippen molar-refractivity contribution in [1.82, 2.24) is 10.2 Å². The number of nitro benzene ring substituents is 1. The fraction of sp³-hybridized carbons (Fsp3) is 0.417. The first-order valence-corrected chi connectivity index (χ1v) is 6.07. The third-order valence-corrected chi connectivity index (χ3v) is 3.14. The van der Waals surface area contributed by atoms with Crippen LogP contribution in [0, 0.1) is 21.7 Å². The Balaban J connectivity index is 2.38. The molecule has 0 spiro atoms. The number of hydrogen-bond donors (Lipinski definition) is 1. The summed E-state index contributed by atoms with van der Waals surface area (Å²) in [5, 5.41) is 13.7. The Labute approximate surface area is 113 Å². The van der Waals surface area contributed by atoms with Crippen LogP contribution in [-0.2, 0) is 0 Å². The van der Waals surface area contributed by atoms with Crippen LogP contribution in [0.1, 0.15) is 17.3 Å². The van der Waals surface area contributed by atoms with E-state index in [1.807, 2.05) is 6.92 Å². The predicted octanol–water partition coefficient (Wildman–Crippen LogP) is 1.31. The van der Waals surface area contributed by atoms with Gasteiger partial charge in [0.15, 0.2) is 0 Å². The van der Waals surface area contributed by atoms with Crippen molar-refractivity contribution in [3.8, 4) is 0 Å². The van der Waals surface area contributed by atoms with E-state index in [0.717, 1.165) is 6.07 Å². The number of rotatable bonds is 2. The molecule has 1 fully saturated rings. The Kier molecular flexibility index (Phi) is 3.93. The summed E-state index contributed by atoms with van der Waals surface area (Å²) >= 11 is 0. The molecule has 0 unspecified atom stereocenters. The fourth-order valence-electron chi connectivity index (χ4n) is 2.15. The molecule has 1 heterocycles. The van der Waals surface area contributed by atoms with Gasteiger partial charge in [-0.15, -0.1) is 0 Å². The summed E-state index contributed by atoms with van der Waals surface area (Å²) in [5.74, 6) is -3.38. The average molecular weight is 285 g/mol. The molecular weight excluding hydrogens is 272 g/mol. The summed E-state index contributed by atoms with van der Waals surface area (Å²) in [6.45, 7) is 2.93. The van der Waals surface area contributed by atoms with E-state index >= 15 is 0 Å². The zero-order chi connectivity index (χ0) is 14.9. The number of hydrogen-bond acceptors (Lipinski definition) is 4. The Bertz CT molecular complexity index is 565. The Morgan fingerprint density at radius 2 is 2.20 bits per heavy atom. The lowest BCUT2D eigenvalue weighted by Crippen LogP contribution is -2.51. The van der Waals surface area contributed by atoms with Crippen molar-refractivity contribution >= 4 is 11.6 Å². The van der Waals surface area contributed by atoms with Gasteiger partial charge in [0.05, 0.1) is 4.92 Å². The van der Waals surface area contributed by atoms with Crippen molar-refractivity contribution in [2.75, 3.05) is 19.6 Å². The molecule has 1 aliphatic rings. The number of amides is 1. The molecule has 6 nitrogen and oxygen atoms in total. The van der Waals surface area contributed by atoms with Crippen LogP contribution in [-0.4, -0.2) is 41.4 Å². The normalized spacial score (nSPS) is 18.9. The van der Waals surface area contributed by atoms with E-state index in [-0.39, 0.29) is 6.04 Å². The van der Waals surface area contributed by atoms with Gasteiger partial charge in [0.1, 0.15) is 11.4 Å². The first kappa shape index (κ1) is 14.3. The molecule has 0 radical (unpaired) electrons. The monoisotopic (exact) mass is 285 g/mol. The zero-order valence-corrected chi connectivity index (χ0v) is 10.7. The van der Waals surface area contributed by atoms with E-state index in [4.69, 9.17) is 0 Å². The maximum atomic E-state index is 13.9. The molecule has 20 heavy (non-hydrogen) atoms. The molecule has 8 heteroatoms. The highest BCUT2D eigenvalue weighted by molar-refractivity contribution is 5.95. The number of nitrogens with one attached hydrogen (secondary N) is 1. The molecule has 2 rings (SSSR count). The molecule has 1 aromatic rings. The predicted molar refractivity (Wildman–Crippen MR) is 66.4 cm³/mol. The SMILES string of the molecule is C[C@H]1CN(C(=O)c2c(F)ccc([N+](=O)[O-])c2F)CCN1. The van der Waals surface area contributed by atoms with Gasteiger partial charge >= 0.3 is 5.69 Å². The lowest BCUT2D eigenvalue weighted by atomic mass is 10.1. The van der Waals surface area contributed by atoms with Crippen molar-refractivity contribution in [1.29, 1.82) is 0 Å². The first-order valence-electron chi connectivity index (χ1n) is 6.07. The topological polar surface area (TPSA) is 75.5 Å². The highest BCUT2D eigenvalue weighted by Gasteiger charge is 2.30. The van der Waals surface area contributed by atoms with E-state index in [2.05, 4.69) is 5.32 Å². The summed E-state index contributed by atoms with van der Waals surface area (Å²) in [6.07, 6.45) is 0. The van der Waals surface area contributed by atoms with Gasteiger partial charge in [-0.1, -0.05) is 0 Å². The Morgan fingerprint density at radius 1 is 1.50 bits per heavy atom. The van der Waals surface area contributed by atoms with E-state index in [9.17, 15) is 23.7 Å². The zero-order valence-electron chi connectivity index (χ0n) is 10.7. The Morgan fingerprint density at radius 3 is 2.80 bits per heavy atom. The lowest BCUT2D eigenvalue weighted by Gasteiger charge is -2.32. The van der Waals surface area contributed by atoms with Gasteiger partial charge in [0.25, 0.3) is 5.91 Å². The number of piperazine rings is 1. The molecule has 0 saturated carbocycles. The number of carbonyl (C=O) groups is 1. The lowest BCUT2D eigenvalue weighted by molar-refractivity contribution is -0.387. The highest BCUT2D eigenvalue weighted by atomic mass is 19.1. The van der Waals surface area contributed by atoms with E-state index in [1.54, 1.807) is 0 Å². The molecule has 1 N–H and O–H groups in total.